The third-order valence-corrected chi connectivity index (χ3v) is 1.66. The minimum atomic E-state index is 0. The molecule has 0 saturated heterocycles. The Bertz CT molecular complexity index is 245. The molecule has 0 N–H and O–H groups in total. The average Bonchev–Trinajstić information content (AvgIpc) is 2.63. The molecule has 0 heterocycles. The van der Waals surface area contributed by atoms with E-state index in [1.54, 1.807) is 0 Å². The number of hydrogen-bond donors (Lipinski definition) is 0. The maximum absolute atomic E-state index is 2.08. The molecule has 0 saturated carbocycles. The van der Waals surface area contributed by atoms with Crippen LogP contribution in [0.25, 0.3) is 0 Å². The first kappa shape index (κ1) is 12.2. The minimum absolute atomic E-state index is 0. The van der Waals surface area contributed by atoms with E-state index in [0.717, 1.165) is 0 Å². The van der Waals surface area contributed by atoms with E-state index in [2.05, 4.69) is 38.1 Å². The van der Waals surface area contributed by atoms with Gasteiger partial charge in [0.05, 0.1) is 0 Å². The third-order valence-electron chi connectivity index (χ3n) is 1.66. The van der Waals surface area contributed by atoms with Crippen LogP contribution in [0.4, 0.5) is 0 Å². The van der Waals surface area contributed by atoms with E-state index in [1.165, 1.54) is 11.1 Å². The van der Waals surface area contributed by atoms with Gasteiger partial charge in [-0.3, -0.25) is 0 Å². The van der Waals surface area contributed by atoms with Crippen molar-refractivity contribution in [2.75, 3.05) is 0 Å². The first-order chi connectivity index (χ1) is 5.79. The molecule has 2 aromatic rings. The summed E-state index contributed by atoms with van der Waals surface area (Å²) in [5.41, 5.74) is 2.69. The first-order valence-electron chi connectivity index (χ1n) is 4.15. The van der Waals surface area contributed by atoms with Crippen LogP contribution < -0.4 is 0 Å². The molecule has 1 heteroatoms. The van der Waals surface area contributed by atoms with Gasteiger partial charge in [0.25, 0.3) is 0 Å². The van der Waals surface area contributed by atoms with Gasteiger partial charge in [-0.05, 0) is 0 Å². The van der Waals surface area contributed by atoms with Crippen LogP contribution in [0, 0.1) is 13.8 Å². The van der Waals surface area contributed by atoms with Gasteiger partial charge in [0, 0.05) is 16.5 Å². The molecule has 2 aromatic carbocycles. The predicted molar refractivity (Wildman–Crippen MR) is 53.5 cm³/mol. The minimum Gasteiger partial charge on any atom is -0.748 e. The molecule has 0 aliphatic rings. The van der Waals surface area contributed by atoms with E-state index in [-0.39, 0.29) is 16.5 Å². The van der Waals surface area contributed by atoms with Crippen LogP contribution in [0.2, 0.25) is 0 Å². The smallest absolute Gasteiger partial charge is 0 e. The Morgan fingerprint density at radius 2 is 1.38 bits per heavy atom. The third kappa shape index (κ3) is 5.44. The van der Waals surface area contributed by atoms with Crippen LogP contribution in [0.3, 0.4) is 0 Å². The molecule has 0 radical (unpaired) electrons. The monoisotopic (exact) mass is 216 g/mol. The number of aryl methyl sites for hydroxylation is 2. The summed E-state index contributed by atoms with van der Waals surface area (Å²) in [7, 11) is 0. The van der Waals surface area contributed by atoms with Crippen molar-refractivity contribution in [2.24, 2.45) is 0 Å². The Labute approximate surface area is 90.2 Å². The standard InChI is InChI=1S/2C6H7.Ni/c2*1-6-4-2-3-5-6;/h2*2-5H,1H3;/q-5;-1;. The fourth-order valence-electron chi connectivity index (χ4n) is 0.940. The van der Waals surface area contributed by atoms with E-state index < -0.39 is 0 Å². The molecule has 0 aliphatic carbocycles. The molecule has 0 fully saturated rings. The van der Waals surface area contributed by atoms with E-state index in [0.29, 0.717) is 0 Å². The van der Waals surface area contributed by atoms with Crippen molar-refractivity contribution in [3.8, 4) is 0 Å². The molecule has 0 bridgehead atoms. The van der Waals surface area contributed by atoms with Crippen LogP contribution >= 0.6 is 0 Å². The molecule has 0 nitrogen and oxygen atoms in total. The Kier molecular flexibility index (Phi) is 6.27. The van der Waals surface area contributed by atoms with Gasteiger partial charge in [-0.2, -0.15) is 17.7 Å². The summed E-state index contributed by atoms with van der Waals surface area (Å²) in [6, 6.07) is 16.5. The second-order valence-electron chi connectivity index (χ2n) is 2.92. The first-order valence-corrected chi connectivity index (χ1v) is 4.15. The van der Waals surface area contributed by atoms with Crippen molar-refractivity contribution in [1.82, 2.24) is 0 Å². The molecule has 0 unspecified atom stereocenters. The van der Waals surface area contributed by atoms with Crippen LogP contribution in [0.15, 0.2) is 48.5 Å². The van der Waals surface area contributed by atoms with Gasteiger partial charge in [0.1, 0.15) is 0 Å². The molecule has 0 aliphatic heterocycles. The topological polar surface area (TPSA) is 0 Å². The van der Waals surface area contributed by atoms with E-state index >= 15 is 0 Å². The molecular formula is C12H14Ni-6. The van der Waals surface area contributed by atoms with Crippen LogP contribution in [-0.4, -0.2) is 0 Å². The van der Waals surface area contributed by atoms with Gasteiger partial charge in [-0.15, -0.1) is 0 Å². The van der Waals surface area contributed by atoms with Crippen molar-refractivity contribution >= 4 is 0 Å². The van der Waals surface area contributed by atoms with Crippen molar-refractivity contribution < 1.29 is 16.5 Å². The van der Waals surface area contributed by atoms with Gasteiger partial charge in [-0.25, -0.2) is 19.1 Å². The number of rotatable bonds is 0. The van der Waals surface area contributed by atoms with Crippen LogP contribution in [0.1, 0.15) is 11.1 Å². The largest absolute Gasteiger partial charge is 0.748 e. The summed E-state index contributed by atoms with van der Waals surface area (Å²) in [5, 5.41) is 0. The quantitative estimate of drug-likeness (QED) is 0.468. The Hall–Kier alpha value is -0.806. The fourth-order valence-corrected chi connectivity index (χ4v) is 0.940. The Morgan fingerprint density at radius 3 is 1.54 bits per heavy atom. The predicted octanol–water partition coefficient (Wildman–Crippen LogP) is 3.43. The summed E-state index contributed by atoms with van der Waals surface area (Å²) in [4.78, 5) is 0. The summed E-state index contributed by atoms with van der Waals surface area (Å²) in [5.74, 6) is 0. The second-order valence-corrected chi connectivity index (χ2v) is 2.92. The Morgan fingerprint density at radius 1 is 0.923 bits per heavy atom. The maximum atomic E-state index is 2.08. The van der Waals surface area contributed by atoms with Gasteiger partial charge in [-0.1, -0.05) is 6.92 Å². The molecule has 78 valence electrons. The molecule has 0 atom stereocenters. The normalized spacial score (nSPS) is 8.15. The molecule has 0 aromatic heterocycles. The zero-order valence-electron chi connectivity index (χ0n) is 7.94. The van der Waals surface area contributed by atoms with E-state index in [9.17, 15) is 0 Å². The molecule has 2 rings (SSSR count). The van der Waals surface area contributed by atoms with Crippen molar-refractivity contribution in [3.63, 3.8) is 0 Å². The molecule has 0 amide bonds. The van der Waals surface area contributed by atoms with Crippen molar-refractivity contribution in [3.05, 3.63) is 59.7 Å². The average molecular weight is 217 g/mol. The molecular weight excluding hydrogens is 203 g/mol. The van der Waals surface area contributed by atoms with Crippen LogP contribution in [0.5, 0.6) is 0 Å². The van der Waals surface area contributed by atoms with E-state index in [1.807, 2.05) is 24.3 Å². The van der Waals surface area contributed by atoms with Crippen molar-refractivity contribution in [2.45, 2.75) is 13.8 Å². The Balaban J connectivity index is 0.000000206. The zero-order chi connectivity index (χ0) is 8.81. The molecule has 0 spiro atoms. The fraction of sp³-hybridized carbons (Fsp3) is 0.167. The summed E-state index contributed by atoms with van der Waals surface area (Å²) in [6.07, 6.45) is 0. The maximum Gasteiger partial charge on any atom is 0 e. The summed E-state index contributed by atoms with van der Waals surface area (Å²) < 4.78 is 0. The van der Waals surface area contributed by atoms with Gasteiger partial charge < -0.3 is 29.8 Å². The summed E-state index contributed by atoms with van der Waals surface area (Å²) in [6.45, 7) is 4.17. The van der Waals surface area contributed by atoms with E-state index in [4.69, 9.17) is 0 Å². The van der Waals surface area contributed by atoms with Crippen LogP contribution in [-0.2, 0) is 16.5 Å². The number of hydrogen-bond acceptors (Lipinski definition) is 0. The summed E-state index contributed by atoms with van der Waals surface area (Å²) >= 11 is 0. The van der Waals surface area contributed by atoms with Gasteiger partial charge in [0.15, 0.2) is 0 Å². The zero-order valence-corrected chi connectivity index (χ0v) is 8.92. The second kappa shape index (κ2) is 6.68. The van der Waals surface area contributed by atoms with Gasteiger partial charge in [0.2, 0.25) is 0 Å². The SMILES string of the molecule is C[c-]1[cH-][cH-][cH-][cH-]1.C[c-]1cccc1.[Ni]. The van der Waals surface area contributed by atoms with Crippen molar-refractivity contribution in [1.29, 1.82) is 0 Å². The van der Waals surface area contributed by atoms with Gasteiger partial charge >= 0.3 is 0 Å². The molecule has 13 heavy (non-hydrogen) atoms.